The summed E-state index contributed by atoms with van der Waals surface area (Å²) in [6.45, 7) is 7.63. The van der Waals surface area contributed by atoms with Crippen molar-refractivity contribution < 1.29 is 17.9 Å². The van der Waals surface area contributed by atoms with Crippen molar-refractivity contribution in [2.75, 3.05) is 17.5 Å². The first-order valence-electron chi connectivity index (χ1n) is 8.85. The highest BCUT2D eigenvalue weighted by Crippen LogP contribution is 2.25. The van der Waals surface area contributed by atoms with Crippen LogP contribution < -0.4 is 14.4 Å². The van der Waals surface area contributed by atoms with Crippen LogP contribution in [0, 0.1) is 6.92 Å². The molecular formula is C20H26N2O4S. The first-order valence-corrected chi connectivity index (χ1v) is 10.3. The van der Waals surface area contributed by atoms with Crippen LogP contribution in [-0.2, 0) is 14.8 Å². The minimum Gasteiger partial charge on any atom is -0.494 e. The molecule has 0 aliphatic carbocycles. The van der Waals surface area contributed by atoms with E-state index in [2.05, 4.69) is 5.32 Å². The molecule has 1 N–H and O–H groups in total. The average molecular weight is 391 g/mol. The first-order chi connectivity index (χ1) is 12.7. The molecule has 0 saturated carbocycles. The summed E-state index contributed by atoms with van der Waals surface area (Å²) in [5.74, 6) is 0.232. The number of nitrogens with one attached hydrogen (secondary N) is 1. The number of carbonyl (C=O) groups excluding carboxylic acids is 1. The van der Waals surface area contributed by atoms with Gasteiger partial charge in [-0.25, -0.2) is 8.42 Å². The third kappa shape index (κ3) is 5.47. The van der Waals surface area contributed by atoms with Gasteiger partial charge < -0.3 is 10.1 Å². The number of anilines is 1. The summed E-state index contributed by atoms with van der Waals surface area (Å²) in [7, 11) is -3.91. The number of hydrogen-bond donors (Lipinski definition) is 1. The number of ether oxygens (including phenoxy) is 1. The highest BCUT2D eigenvalue weighted by molar-refractivity contribution is 7.92. The molecule has 0 spiro atoms. The predicted molar refractivity (Wildman–Crippen MR) is 107 cm³/mol. The largest absolute Gasteiger partial charge is 0.494 e. The third-order valence-corrected chi connectivity index (χ3v) is 5.57. The Morgan fingerprint density at radius 1 is 1.07 bits per heavy atom. The van der Waals surface area contributed by atoms with Crippen LogP contribution in [0.2, 0.25) is 0 Å². The van der Waals surface area contributed by atoms with E-state index in [-0.39, 0.29) is 23.4 Å². The quantitative estimate of drug-likeness (QED) is 0.751. The molecule has 2 aromatic carbocycles. The number of benzene rings is 2. The minimum absolute atomic E-state index is 0.0782. The van der Waals surface area contributed by atoms with Gasteiger partial charge >= 0.3 is 0 Å². The Balaban J connectivity index is 2.40. The smallest absolute Gasteiger partial charge is 0.264 e. The second-order valence-electron chi connectivity index (χ2n) is 6.47. The normalized spacial score (nSPS) is 11.3. The van der Waals surface area contributed by atoms with E-state index in [0.29, 0.717) is 18.0 Å². The molecule has 0 aliphatic heterocycles. The monoisotopic (exact) mass is 390 g/mol. The molecule has 0 atom stereocenters. The predicted octanol–water partition coefficient (Wildman–Crippen LogP) is 3.11. The molecule has 6 nitrogen and oxygen atoms in total. The molecule has 0 aromatic heterocycles. The van der Waals surface area contributed by atoms with E-state index in [9.17, 15) is 13.2 Å². The third-order valence-electron chi connectivity index (χ3n) is 3.78. The van der Waals surface area contributed by atoms with Crippen molar-refractivity contribution in [1.82, 2.24) is 5.32 Å². The van der Waals surface area contributed by atoms with Gasteiger partial charge in [-0.1, -0.05) is 17.7 Å². The fourth-order valence-electron chi connectivity index (χ4n) is 2.53. The van der Waals surface area contributed by atoms with E-state index in [1.165, 1.54) is 12.1 Å². The number of nitrogens with zero attached hydrogens (tertiary/aromatic N) is 1. The van der Waals surface area contributed by atoms with Gasteiger partial charge in [0.1, 0.15) is 12.3 Å². The zero-order chi connectivity index (χ0) is 20.0. The van der Waals surface area contributed by atoms with Crippen LogP contribution in [0.3, 0.4) is 0 Å². The van der Waals surface area contributed by atoms with Crippen LogP contribution in [0.4, 0.5) is 5.69 Å². The topological polar surface area (TPSA) is 75.7 Å². The lowest BCUT2D eigenvalue weighted by Crippen LogP contribution is -2.42. The van der Waals surface area contributed by atoms with Crippen LogP contribution in [0.25, 0.3) is 0 Å². The van der Waals surface area contributed by atoms with Crippen LogP contribution in [0.5, 0.6) is 5.75 Å². The van der Waals surface area contributed by atoms with Gasteiger partial charge in [-0.3, -0.25) is 9.10 Å². The van der Waals surface area contributed by atoms with Crippen LogP contribution in [0.15, 0.2) is 53.4 Å². The second-order valence-corrected chi connectivity index (χ2v) is 8.34. The lowest BCUT2D eigenvalue weighted by molar-refractivity contribution is -0.120. The zero-order valence-electron chi connectivity index (χ0n) is 16.1. The fraction of sp³-hybridized carbons (Fsp3) is 0.350. The summed E-state index contributed by atoms with van der Waals surface area (Å²) in [4.78, 5) is 12.4. The van der Waals surface area contributed by atoms with E-state index in [1.54, 1.807) is 24.3 Å². The maximum absolute atomic E-state index is 13.2. The summed E-state index contributed by atoms with van der Waals surface area (Å²) in [6, 6.07) is 13.1. The molecule has 2 aromatic rings. The van der Waals surface area contributed by atoms with Crippen molar-refractivity contribution in [2.45, 2.75) is 38.6 Å². The standard InChI is InChI=1S/C20H26N2O4S/c1-5-26-18-10-12-19(13-11-18)27(24,25)22(14-20(23)21-15(2)3)17-8-6-16(4)7-9-17/h6-13,15H,5,14H2,1-4H3,(H,21,23). The highest BCUT2D eigenvalue weighted by Gasteiger charge is 2.27. The van der Waals surface area contributed by atoms with Crippen LogP contribution >= 0.6 is 0 Å². The number of carbonyl (C=O) groups is 1. The maximum Gasteiger partial charge on any atom is 0.264 e. The Bertz CT molecular complexity index is 860. The molecule has 0 heterocycles. The van der Waals surface area contributed by atoms with Crippen LogP contribution in [-0.4, -0.2) is 33.5 Å². The Kier molecular flexibility index (Phi) is 6.85. The summed E-state index contributed by atoms with van der Waals surface area (Å²) in [5.41, 5.74) is 1.44. The van der Waals surface area contributed by atoms with E-state index in [0.717, 1.165) is 9.87 Å². The molecular weight excluding hydrogens is 364 g/mol. The minimum atomic E-state index is -3.91. The van der Waals surface area contributed by atoms with Gasteiger partial charge in [-0.2, -0.15) is 0 Å². The second kappa shape index (κ2) is 8.90. The lowest BCUT2D eigenvalue weighted by atomic mass is 10.2. The number of rotatable bonds is 8. The highest BCUT2D eigenvalue weighted by atomic mass is 32.2. The fourth-order valence-corrected chi connectivity index (χ4v) is 3.95. The average Bonchev–Trinajstić information content (AvgIpc) is 2.61. The van der Waals surface area contributed by atoms with E-state index < -0.39 is 10.0 Å². The van der Waals surface area contributed by atoms with Crippen molar-refractivity contribution in [3.8, 4) is 5.75 Å². The van der Waals surface area contributed by atoms with Crippen molar-refractivity contribution in [2.24, 2.45) is 0 Å². The number of aryl methyl sites for hydroxylation is 1. The summed E-state index contributed by atoms with van der Waals surface area (Å²) in [6.07, 6.45) is 0. The Morgan fingerprint density at radius 3 is 2.19 bits per heavy atom. The number of amides is 1. The van der Waals surface area contributed by atoms with Crippen molar-refractivity contribution in [1.29, 1.82) is 0 Å². The lowest BCUT2D eigenvalue weighted by Gasteiger charge is -2.25. The van der Waals surface area contributed by atoms with Gasteiger partial charge in [0.2, 0.25) is 5.91 Å². The van der Waals surface area contributed by atoms with E-state index in [1.807, 2.05) is 39.8 Å². The van der Waals surface area contributed by atoms with Gasteiger partial charge in [-0.05, 0) is 64.1 Å². The molecule has 7 heteroatoms. The van der Waals surface area contributed by atoms with Crippen LogP contribution in [0.1, 0.15) is 26.3 Å². The SMILES string of the molecule is CCOc1ccc(S(=O)(=O)N(CC(=O)NC(C)C)c2ccc(C)cc2)cc1. The summed E-state index contributed by atoms with van der Waals surface area (Å²) >= 11 is 0. The van der Waals surface area contributed by atoms with Crippen molar-refractivity contribution in [3.05, 3.63) is 54.1 Å². The number of hydrogen-bond acceptors (Lipinski definition) is 4. The molecule has 0 bridgehead atoms. The van der Waals surface area contributed by atoms with Gasteiger partial charge in [0.15, 0.2) is 0 Å². The molecule has 0 saturated heterocycles. The Labute approximate surface area is 161 Å². The van der Waals surface area contributed by atoms with E-state index >= 15 is 0 Å². The number of sulfonamides is 1. The molecule has 146 valence electrons. The molecule has 2 rings (SSSR count). The first kappa shape index (κ1) is 20.8. The zero-order valence-corrected chi connectivity index (χ0v) is 16.9. The molecule has 1 amide bonds. The van der Waals surface area contributed by atoms with Gasteiger partial charge in [0.25, 0.3) is 10.0 Å². The Hall–Kier alpha value is -2.54. The van der Waals surface area contributed by atoms with Gasteiger partial charge in [0.05, 0.1) is 17.2 Å². The van der Waals surface area contributed by atoms with Gasteiger partial charge in [-0.15, -0.1) is 0 Å². The molecule has 0 radical (unpaired) electrons. The molecule has 0 unspecified atom stereocenters. The Morgan fingerprint density at radius 2 is 1.67 bits per heavy atom. The van der Waals surface area contributed by atoms with Crippen molar-refractivity contribution in [3.63, 3.8) is 0 Å². The summed E-state index contributed by atoms with van der Waals surface area (Å²) < 4.78 is 32.9. The van der Waals surface area contributed by atoms with Gasteiger partial charge in [0, 0.05) is 6.04 Å². The maximum atomic E-state index is 13.2. The molecule has 0 aliphatic rings. The summed E-state index contributed by atoms with van der Waals surface area (Å²) in [5, 5.41) is 2.74. The molecule has 0 fully saturated rings. The van der Waals surface area contributed by atoms with Crippen molar-refractivity contribution >= 4 is 21.6 Å². The van der Waals surface area contributed by atoms with E-state index in [4.69, 9.17) is 4.74 Å². The molecule has 27 heavy (non-hydrogen) atoms.